The van der Waals surface area contributed by atoms with Gasteiger partial charge in [0.25, 0.3) is 5.91 Å². The van der Waals surface area contributed by atoms with Crippen LogP contribution in [-0.4, -0.2) is 41.0 Å². The maximum atomic E-state index is 11.1. The molecule has 0 spiro atoms. The van der Waals surface area contributed by atoms with Crippen LogP contribution in [0.1, 0.15) is 24.3 Å². The van der Waals surface area contributed by atoms with Crippen LogP contribution >= 0.6 is 0 Å². The Morgan fingerprint density at radius 1 is 1.47 bits per heavy atom. The zero-order valence-electron chi connectivity index (χ0n) is 10.1. The van der Waals surface area contributed by atoms with Crippen molar-refractivity contribution in [2.75, 3.05) is 18.0 Å². The maximum absolute atomic E-state index is 11.1. The highest BCUT2D eigenvalue weighted by atomic mass is 16.1. The zero-order valence-corrected chi connectivity index (χ0v) is 10.1. The fourth-order valence-corrected chi connectivity index (χ4v) is 2.13. The van der Waals surface area contributed by atoms with Gasteiger partial charge in [0.1, 0.15) is 5.69 Å². The normalized spacial score (nSPS) is 24.7. The minimum absolute atomic E-state index is 0.258. The van der Waals surface area contributed by atoms with Crippen LogP contribution in [0.25, 0.3) is 0 Å². The molecule has 0 aliphatic carbocycles. The van der Waals surface area contributed by atoms with E-state index in [9.17, 15) is 4.79 Å². The van der Waals surface area contributed by atoms with E-state index in [0.717, 1.165) is 13.1 Å². The fourth-order valence-electron chi connectivity index (χ4n) is 2.13. The van der Waals surface area contributed by atoms with E-state index in [1.807, 2.05) is 0 Å². The number of piperazine rings is 1. The van der Waals surface area contributed by atoms with E-state index in [4.69, 9.17) is 5.73 Å². The molecule has 1 aliphatic heterocycles. The van der Waals surface area contributed by atoms with E-state index in [1.54, 1.807) is 6.20 Å². The van der Waals surface area contributed by atoms with Gasteiger partial charge >= 0.3 is 0 Å². The molecular weight excluding hydrogens is 218 g/mol. The lowest BCUT2D eigenvalue weighted by molar-refractivity contribution is 0.0995. The monoisotopic (exact) mass is 235 g/mol. The Morgan fingerprint density at radius 2 is 2.12 bits per heavy atom. The molecule has 2 heterocycles. The van der Waals surface area contributed by atoms with Crippen molar-refractivity contribution in [3.8, 4) is 0 Å². The topological polar surface area (TPSA) is 84.1 Å². The molecule has 92 valence electrons. The Bertz CT molecular complexity index is 412. The van der Waals surface area contributed by atoms with Crippen LogP contribution in [0.4, 0.5) is 5.95 Å². The highest BCUT2D eigenvalue weighted by molar-refractivity contribution is 5.90. The molecule has 1 amide bonds. The van der Waals surface area contributed by atoms with Gasteiger partial charge in [-0.1, -0.05) is 0 Å². The second-order valence-electron chi connectivity index (χ2n) is 4.48. The van der Waals surface area contributed by atoms with Gasteiger partial charge in [-0.25, -0.2) is 9.97 Å². The van der Waals surface area contributed by atoms with Crippen molar-refractivity contribution in [3.63, 3.8) is 0 Å². The first kappa shape index (κ1) is 11.8. The molecule has 17 heavy (non-hydrogen) atoms. The number of anilines is 1. The number of rotatable bonds is 2. The van der Waals surface area contributed by atoms with Gasteiger partial charge in [0.15, 0.2) is 0 Å². The summed E-state index contributed by atoms with van der Waals surface area (Å²) in [6, 6.07) is 2.28. The molecular formula is C11H17N5O. The van der Waals surface area contributed by atoms with Crippen molar-refractivity contribution in [1.29, 1.82) is 0 Å². The lowest BCUT2D eigenvalue weighted by Gasteiger charge is -2.36. The zero-order chi connectivity index (χ0) is 12.4. The molecule has 1 aromatic heterocycles. The Labute approximate surface area is 100 Å². The fraction of sp³-hybridized carbons (Fsp3) is 0.545. The van der Waals surface area contributed by atoms with Gasteiger partial charge < -0.3 is 16.0 Å². The van der Waals surface area contributed by atoms with E-state index in [1.165, 1.54) is 6.07 Å². The van der Waals surface area contributed by atoms with Crippen molar-refractivity contribution in [3.05, 3.63) is 18.0 Å². The average Bonchev–Trinajstić information content (AvgIpc) is 2.28. The van der Waals surface area contributed by atoms with E-state index in [-0.39, 0.29) is 5.69 Å². The molecule has 1 saturated heterocycles. The first-order chi connectivity index (χ1) is 8.06. The third-order valence-electron chi connectivity index (χ3n) is 2.74. The average molecular weight is 235 g/mol. The number of hydrogen-bond donors (Lipinski definition) is 2. The Morgan fingerprint density at radius 3 is 2.71 bits per heavy atom. The van der Waals surface area contributed by atoms with E-state index < -0.39 is 5.91 Å². The molecule has 1 aromatic rings. The van der Waals surface area contributed by atoms with Gasteiger partial charge in [0, 0.05) is 31.4 Å². The molecule has 2 atom stereocenters. The predicted octanol–water partition coefficient (Wildman–Crippen LogP) is -0.238. The van der Waals surface area contributed by atoms with Crippen molar-refractivity contribution in [1.82, 2.24) is 15.3 Å². The summed E-state index contributed by atoms with van der Waals surface area (Å²) >= 11 is 0. The summed E-state index contributed by atoms with van der Waals surface area (Å²) in [5.41, 5.74) is 5.46. The SMILES string of the molecule is C[C@@H]1CN(c2nccc(C(N)=O)n2)C[C@H](C)N1. The Kier molecular flexibility index (Phi) is 3.23. The lowest BCUT2D eigenvalue weighted by Crippen LogP contribution is -2.54. The third kappa shape index (κ3) is 2.71. The molecule has 2 rings (SSSR count). The van der Waals surface area contributed by atoms with Gasteiger partial charge in [0.2, 0.25) is 5.95 Å². The van der Waals surface area contributed by atoms with E-state index >= 15 is 0 Å². The number of nitrogens with zero attached hydrogens (tertiary/aromatic N) is 3. The summed E-state index contributed by atoms with van der Waals surface area (Å²) in [7, 11) is 0. The first-order valence-electron chi connectivity index (χ1n) is 5.70. The number of amides is 1. The van der Waals surface area contributed by atoms with Crippen LogP contribution in [0.5, 0.6) is 0 Å². The molecule has 1 fully saturated rings. The minimum Gasteiger partial charge on any atom is -0.364 e. The second kappa shape index (κ2) is 4.67. The molecule has 3 N–H and O–H groups in total. The molecule has 0 saturated carbocycles. The number of carbonyl (C=O) groups is 1. The lowest BCUT2D eigenvalue weighted by atomic mass is 10.1. The summed E-state index contributed by atoms with van der Waals surface area (Å²) in [6.07, 6.45) is 1.57. The summed E-state index contributed by atoms with van der Waals surface area (Å²) in [5, 5.41) is 3.43. The Hall–Kier alpha value is -1.69. The molecule has 0 aromatic carbocycles. The summed E-state index contributed by atoms with van der Waals surface area (Å²) in [6.45, 7) is 5.88. The maximum Gasteiger partial charge on any atom is 0.267 e. The molecule has 1 aliphatic rings. The van der Waals surface area contributed by atoms with Crippen molar-refractivity contribution in [2.45, 2.75) is 25.9 Å². The van der Waals surface area contributed by atoms with Gasteiger partial charge in [-0.05, 0) is 19.9 Å². The smallest absolute Gasteiger partial charge is 0.267 e. The highest BCUT2D eigenvalue weighted by Crippen LogP contribution is 2.12. The minimum atomic E-state index is -0.523. The number of nitrogens with one attached hydrogen (secondary N) is 1. The van der Waals surface area contributed by atoms with Crippen molar-refractivity contribution < 1.29 is 4.79 Å². The summed E-state index contributed by atoms with van der Waals surface area (Å²) in [4.78, 5) is 21.5. The van der Waals surface area contributed by atoms with Crippen LogP contribution < -0.4 is 16.0 Å². The standard InChI is InChI=1S/C11H17N5O/c1-7-5-16(6-8(2)14-7)11-13-4-3-9(15-11)10(12)17/h3-4,7-8,14H,5-6H2,1-2H3,(H2,12,17)/t7-,8+. The predicted molar refractivity (Wildman–Crippen MR) is 64.8 cm³/mol. The number of aromatic nitrogens is 2. The van der Waals surface area contributed by atoms with Gasteiger partial charge in [0.05, 0.1) is 0 Å². The second-order valence-corrected chi connectivity index (χ2v) is 4.48. The number of primary amides is 1. The molecule has 6 nitrogen and oxygen atoms in total. The summed E-state index contributed by atoms with van der Waals surface area (Å²) < 4.78 is 0. The highest BCUT2D eigenvalue weighted by Gasteiger charge is 2.23. The number of hydrogen-bond acceptors (Lipinski definition) is 5. The van der Waals surface area contributed by atoms with E-state index in [0.29, 0.717) is 18.0 Å². The molecule has 0 unspecified atom stereocenters. The largest absolute Gasteiger partial charge is 0.364 e. The first-order valence-corrected chi connectivity index (χ1v) is 5.70. The van der Waals surface area contributed by atoms with Gasteiger partial charge in [-0.2, -0.15) is 0 Å². The van der Waals surface area contributed by atoms with Crippen LogP contribution in [0.3, 0.4) is 0 Å². The van der Waals surface area contributed by atoms with Gasteiger partial charge in [-0.15, -0.1) is 0 Å². The Balaban J connectivity index is 2.21. The van der Waals surface area contributed by atoms with Crippen LogP contribution in [0, 0.1) is 0 Å². The van der Waals surface area contributed by atoms with Gasteiger partial charge in [-0.3, -0.25) is 4.79 Å². The number of carbonyl (C=O) groups excluding carboxylic acids is 1. The molecule has 0 bridgehead atoms. The summed E-state index contributed by atoms with van der Waals surface area (Å²) in [5.74, 6) is 0.0476. The van der Waals surface area contributed by atoms with Crippen molar-refractivity contribution in [2.24, 2.45) is 5.73 Å². The van der Waals surface area contributed by atoms with Crippen molar-refractivity contribution >= 4 is 11.9 Å². The van der Waals surface area contributed by atoms with Crippen LogP contribution in [0.15, 0.2) is 12.3 Å². The number of nitrogens with two attached hydrogens (primary N) is 1. The van der Waals surface area contributed by atoms with Crippen LogP contribution in [0.2, 0.25) is 0 Å². The van der Waals surface area contributed by atoms with E-state index in [2.05, 4.69) is 34.0 Å². The van der Waals surface area contributed by atoms with Crippen LogP contribution in [-0.2, 0) is 0 Å². The molecule has 6 heteroatoms. The quantitative estimate of drug-likeness (QED) is 0.739. The molecule has 0 radical (unpaired) electrons. The third-order valence-corrected chi connectivity index (χ3v) is 2.74.